The molecular formula is C14H23NOY. The summed E-state index contributed by atoms with van der Waals surface area (Å²) in [7, 11) is 0. The van der Waals surface area contributed by atoms with Crippen LogP contribution in [-0.4, -0.2) is 31.1 Å². The van der Waals surface area contributed by atoms with E-state index in [1.165, 1.54) is 5.56 Å². The zero-order valence-corrected chi connectivity index (χ0v) is 14.1. The second kappa shape index (κ2) is 10.0. The Morgan fingerprint density at radius 3 is 2.06 bits per heavy atom. The fraction of sp³-hybridized carbons (Fsp3) is 0.571. The van der Waals surface area contributed by atoms with E-state index in [4.69, 9.17) is 4.74 Å². The molecule has 0 N–H and O–H groups in total. The Labute approximate surface area is 131 Å². The zero-order valence-electron chi connectivity index (χ0n) is 11.3. The largest absolute Gasteiger partial charge is 0.492 e. The summed E-state index contributed by atoms with van der Waals surface area (Å²) < 4.78 is 5.70. The third-order valence-electron chi connectivity index (χ3n) is 2.90. The third-order valence-corrected chi connectivity index (χ3v) is 2.90. The fourth-order valence-corrected chi connectivity index (χ4v) is 1.65. The van der Waals surface area contributed by atoms with E-state index in [-0.39, 0.29) is 32.7 Å². The van der Waals surface area contributed by atoms with E-state index >= 15 is 0 Å². The molecule has 0 aliphatic rings. The van der Waals surface area contributed by atoms with Crippen molar-refractivity contribution in [3.63, 3.8) is 0 Å². The summed E-state index contributed by atoms with van der Waals surface area (Å²) >= 11 is 0. The predicted octanol–water partition coefficient (Wildman–Crippen LogP) is 2.97. The minimum absolute atomic E-state index is 0. The molecule has 3 heteroatoms. The van der Waals surface area contributed by atoms with Gasteiger partial charge in [0, 0.05) is 39.3 Å². The van der Waals surface area contributed by atoms with Crippen molar-refractivity contribution in [1.29, 1.82) is 0 Å². The molecule has 0 unspecified atom stereocenters. The molecule has 1 radical (unpaired) electrons. The SMILES string of the molecule is CCc1ccc(OCCN(CC)CC)cc1.[Y]. The first-order valence-corrected chi connectivity index (χ1v) is 6.24. The maximum absolute atomic E-state index is 5.70. The Kier molecular flexibility index (Phi) is 10.1. The molecule has 0 aliphatic carbocycles. The van der Waals surface area contributed by atoms with Crippen molar-refractivity contribution in [3.8, 4) is 5.75 Å². The Hall–Kier alpha value is 0.0839. The van der Waals surface area contributed by atoms with Crippen molar-refractivity contribution in [2.24, 2.45) is 0 Å². The Morgan fingerprint density at radius 1 is 1.00 bits per heavy atom. The normalized spacial score (nSPS) is 10.1. The van der Waals surface area contributed by atoms with Crippen LogP contribution in [0.5, 0.6) is 5.75 Å². The molecule has 1 aromatic rings. The first-order valence-electron chi connectivity index (χ1n) is 6.24. The topological polar surface area (TPSA) is 12.5 Å². The van der Waals surface area contributed by atoms with Gasteiger partial charge in [0.1, 0.15) is 12.4 Å². The standard InChI is InChI=1S/C14H23NO.Y/c1-4-13-7-9-14(10-8-13)16-12-11-15(5-2)6-3;/h7-10H,4-6,11-12H2,1-3H3;. The number of nitrogens with zero attached hydrogens (tertiary/aromatic N) is 1. The van der Waals surface area contributed by atoms with Crippen molar-refractivity contribution < 1.29 is 37.4 Å². The zero-order chi connectivity index (χ0) is 11.8. The molecule has 0 heterocycles. The van der Waals surface area contributed by atoms with Gasteiger partial charge in [-0.15, -0.1) is 0 Å². The van der Waals surface area contributed by atoms with Crippen LogP contribution in [0.3, 0.4) is 0 Å². The number of hydrogen-bond acceptors (Lipinski definition) is 2. The predicted molar refractivity (Wildman–Crippen MR) is 69.1 cm³/mol. The van der Waals surface area contributed by atoms with Gasteiger partial charge in [0.2, 0.25) is 0 Å². The number of likely N-dealkylation sites (N-methyl/N-ethyl adjacent to an activating group) is 1. The van der Waals surface area contributed by atoms with Gasteiger partial charge in [-0.05, 0) is 37.2 Å². The van der Waals surface area contributed by atoms with Crippen LogP contribution in [0, 0.1) is 0 Å². The Morgan fingerprint density at radius 2 is 1.59 bits per heavy atom. The van der Waals surface area contributed by atoms with Crippen molar-refractivity contribution in [3.05, 3.63) is 29.8 Å². The summed E-state index contributed by atoms with van der Waals surface area (Å²) in [4.78, 5) is 2.36. The van der Waals surface area contributed by atoms with E-state index in [1.807, 2.05) is 0 Å². The van der Waals surface area contributed by atoms with Gasteiger partial charge in [0.25, 0.3) is 0 Å². The number of hydrogen-bond donors (Lipinski definition) is 0. The van der Waals surface area contributed by atoms with Crippen molar-refractivity contribution >= 4 is 0 Å². The Bertz CT molecular complexity index is 283. The monoisotopic (exact) mass is 310 g/mol. The second-order valence-corrected chi connectivity index (χ2v) is 3.87. The molecule has 0 saturated heterocycles. The first kappa shape index (κ1) is 17.1. The molecule has 93 valence electrons. The number of benzene rings is 1. The minimum atomic E-state index is 0. The van der Waals surface area contributed by atoms with E-state index in [2.05, 4.69) is 49.9 Å². The quantitative estimate of drug-likeness (QED) is 0.768. The van der Waals surface area contributed by atoms with Crippen LogP contribution in [0.25, 0.3) is 0 Å². The van der Waals surface area contributed by atoms with Crippen molar-refractivity contribution in [2.45, 2.75) is 27.2 Å². The van der Waals surface area contributed by atoms with Crippen LogP contribution in [0.2, 0.25) is 0 Å². The van der Waals surface area contributed by atoms with Gasteiger partial charge in [0.05, 0.1) is 0 Å². The van der Waals surface area contributed by atoms with Gasteiger partial charge >= 0.3 is 0 Å². The third kappa shape index (κ3) is 6.54. The van der Waals surface area contributed by atoms with E-state index in [1.54, 1.807) is 0 Å². The summed E-state index contributed by atoms with van der Waals surface area (Å²) in [6.07, 6.45) is 1.08. The number of aryl methyl sites for hydroxylation is 1. The summed E-state index contributed by atoms with van der Waals surface area (Å²) in [6.45, 7) is 10.5. The molecule has 0 fully saturated rings. The van der Waals surface area contributed by atoms with Gasteiger partial charge in [-0.2, -0.15) is 0 Å². The van der Waals surface area contributed by atoms with Crippen LogP contribution in [0.1, 0.15) is 26.3 Å². The van der Waals surface area contributed by atoms with Crippen LogP contribution < -0.4 is 4.74 Å². The molecule has 0 atom stereocenters. The van der Waals surface area contributed by atoms with E-state index in [9.17, 15) is 0 Å². The maximum atomic E-state index is 5.70. The summed E-state index contributed by atoms with van der Waals surface area (Å²) in [5, 5.41) is 0. The molecule has 0 aliphatic heterocycles. The average molecular weight is 310 g/mol. The van der Waals surface area contributed by atoms with Gasteiger partial charge in [-0.1, -0.05) is 32.9 Å². The minimum Gasteiger partial charge on any atom is -0.492 e. The van der Waals surface area contributed by atoms with Crippen LogP contribution >= 0.6 is 0 Å². The summed E-state index contributed by atoms with van der Waals surface area (Å²) in [6, 6.07) is 8.38. The maximum Gasteiger partial charge on any atom is 0.119 e. The number of rotatable bonds is 7. The molecule has 0 saturated carbocycles. The smallest absolute Gasteiger partial charge is 0.119 e. The molecule has 0 aromatic heterocycles. The molecule has 1 aromatic carbocycles. The first-order chi connectivity index (χ1) is 7.80. The molecule has 17 heavy (non-hydrogen) atoms. The van der Waals surface area contributed by atoms with E-state index < -0.39 is 0 Å². The molecule has 0 spiro atoms. The van der Waals surface area contributed by atoms with Crippen molar-refractivity contribution in [1.82, 2.24) is 4.90 Å². The molecule has 1 rings (SSSR count). The average Bonchev–Trinajstić information content (AvgIpc) is 2.35. The molecule has 0 amide bonds. The molecule has 0 bridgehead atoms. The molecular weight excluding hydrogens is 287 g/mol. The van der Waals surface area contributed by atoms with Gasteiger partial charge < -0.3 is 9.64 Å². The number of ether oxygens (including phenoxy) is 1. The summed E-state index contributed by atoms with van der Waals surface area (Å²) in [5.74, 6) is 0.976. The fourth-order valence-electron chi connectivity index (χ4n) is 1.65. The van der Waals surface area contributed by atoms with Gasteiger partial charge in [-0.3, -0.25) is 0 Å². The van der Waals surface area contributed by atoms with Crippen LogP contribution in [0.15, 0.2) is 24.3 Å². The summed E-state index contributed by atoms with van der Waals surface area (Å²) in [5.41, 5.74) is 1.36. The molecule has 2 nitrogen and oxygen atoms in total. The van der Waals surface area contributed by atoms with E-state index in [0.29, 0.717) is 0 Å². The second-order valence-electron chi connectivity index (χ2n) is 3.87. The van der Waals surface area contributed by atoms with Gasteiger partial charge in [0.15, 0.2) is 0 Å². The van der Waals surface area contributed by atoms with E-state index in [0.717, 1.165) is 38.4 Å². The van der Waals surface area contributed by atoms with Crippen LogP contribution in [0.4, 0.5) is 0 Å². The van der Waals surface area contributed by atoms with Crippen molar-refractivity contribution in [2.75, 3.05) is 26.2 Å². The Balaban J connectivity index is 0.00000256. The van der Waals surface area contributed by atoms with Crippen LogP contribution in [-0.2, 0) is 39.1 Å². The van der Waals surface area contributed by atoms with Gasteiger partial charge in [-0.25, -0.2) is 0 Å².